The number of nitro benzene ring substituents is 1. The summed E-state index contributed by atoms with van der Waals surface area (Å²) in [5, 5.41) is 14.2. The van der Waals surface area contributed by atoms with Gasteiger partial charge in [-0.05, 0) is 0 Å². The predicted molar refractivity (Wildman–Crippen MR) is 54.0 cm³/mol. The molecule has 0 atom stereocenters. The lowest BCUT2D eigenvalue weighted by Gasteiger charge is -1.96. The fraction of sp³-hybridized carbons (Fsp3) is 0. The summed E-state index contributed by atoms with van der Waals surface area (Å²) < 4.78 is 4.64. The fourth-order valence-electron chi connectivity index (χ4n) is 1.31. The Morgan fingerprint density at radius 3 is 2.94 bits per heavy atom. The summed E-state index contributed by atoms with van der Waals surface area (Å²) >= 11 is 0. The van der Waals surface area contributed by atoms with Crippen molar-refractivity contribution in [2.75, 3.05) is 0 Å². The summed E-state index contributed by atoms with van der Waals surface area (Å²) in [6.45, 7) is 0. The lowest BCUT2D eigenvalue weighted by atomic mass is 10.1. The van der Waals surface area contributed by atoms with Crippen molar-refractivity contribution in [2.24, 2.45) is 0 Å². The van der Waals surface area contributed by atoms with Gasteiger partial charge in [-0.25, -0.2) is 0 Å². The second-order valence-corrected chi connectivity index (χ2v) is 3.04. The van der Waals surface area contributed by atoms with E-state index in [1.165, 1.54) is 24.5 Å². The highest BCUT2D eigenvalue weighted by atomic mass is 16.6. The molecule has 0 aliphatic rings. The number of benzene rings is 1. The average molecular weight is 218 g/mol. The molecule has 0 aliphatic heterocycles. The molecule has 0 bridgehead atoms. The maximum absolute atomic E-state index is 10.6. The van der Waals surface area contributed by atoms with Crippen LogP contribution in [0.2, 0.25) is 0 Å². The van der Waals surface area contributed by atoms with E-state index in [1.54, 1.807) is 6.07 Å². The Morgan fingerprint density at radius 1 is 1.44 bits per heavy atom. The minimum Gasteiger partial charge on any atom is -0.363 e. The molecule has 0 radical (unpaired) electrons. The number of nitro groups is 1. The molecule has 0 saturated heterocycles. The number of aldehydes is 1. The van der Waals surface area contributed by atoms with Gasteiger partial charge in [0.25, 0.3) is 5.69 Å². The first kappa shape index (κ1) is 10.0. The van der Waals surface area contributed by atoms with Gasteiger partial charge in [-0.1, -0.05) is 17.3 Å². The molecular formula is C10H6N2O4. The predicted octanol–water partition coefficient (Wildman–Crippen LogP) is 2.06. The average Bonchev–Trinajstić information content (AvgIpc) is 2.77. The van der Waals surface area contributed by atoms with Crippen LogP contribution in [0, 0.1) is 10.1 Å². The number of hydrogen-bond donors (Lipinski definition) is 0. The summed E-state index contributed by atoms with van der Waals surface area (Å²) in [6, 6.07) is 5.85. The van der Waals surface area contributed by atoms with Crippen LogP contribution in [0.5, 0.6) is 0 Å². The zero-order valence-corrected chi connectivity index (χ0v) is 7.99. The van der Waals surface area contributed by atoms with Gasteiger partial charge in [0.1, 0.15) is 12.0 Å². The van der Waals surface area contributed by atoms with Crippen LogP contribution in [0.1, 0.15) is 10.4 Å². The van der Waals surface area contributed by atoms with Crippen molar-refractivity contribution in [3.05, 3.63) is 46.2 Å². The molecule has 2 rings (SSSR count). The Balaban J connectivity index is 2.52. The number of nitrogens with zero attached hydrogens (tertiary/aromatic N) is 2. The van der Waals surface area contributed by atoms with E-state index in [0.717, 1.165) is 0 Å². The van der Waals surface area contributed by atoms with Crippen molar-refractivity contribution in [1.82, 2.24) is 5.16 Å². The molecule has 0 amide bonds. The first-order chi connectivity index (χ1) is 7.72. The van der Waals surface area contributed by atoms with E-state index in [0.29, 0.717) is 17.5 Å². The monoisotopic (exact) mass is 218 g/mol. The Labute approximate surface area is 89.6 Å². The van der Waals surface area contributed by atoms with E-state index < -0.39 is 4.92 Å². The maximum Gasteiger partial charge on any atom is 0.270 e. The van der Waals surface area contributed by atoms with E-state index in [-0.39, 0.29) is 11.3 Å². The van der Waals surface area contributed by atoms with Gasteiger partial charge in [-0.3, -0.25) is 14.9 Å². The summed E-state index contributed by atoms with van der Waals surface area (Å²) in [4.78, 5) is 20.7. The van der Waals surface area contributed by atoms with Gasteiger partial charge < -0.3 is 4.52 Å². The van der Waals surface area contributed by atoms with Crippen LogP contribution < -0.4 is 0 Å². The Kier molecular flexibility index (Phi) is 2.47. The van der Waals surface area contributed by atoms with Crippen LogP contribution in [0.15, 0.2) is 35.1 Å². The minimum absolute atomic E-state index is 0.0580. The third-order valence-corrected chi connectivity index (χ3v) is 2.05. The lowest BCUT2D eigenvalue weighted by molar-refractivity contribution is -0.384. The number of hydrogen-bond acceptors (Lipinski definition) is 5. The van der Waals surface area contributed by atoms with E-state index >= 15 is 0 Å². The van der Waals surface area contributed by atoms with Crippen LogP contribution in [-0.2, 0) is 0 Å². The van der Waals surface area contributed by atoms with Crippen LogP contribution in [0.4, 0.5) is 5.69 Å². The van der Waals surface area contributed by atoms with Gasteiger partial charge in [0, 0.05) is 17.7 Å². The first-order valence-electron chi connectivity index (χ1n) is 4.37. The van der Waals surface area contributed by atoms with Crippen LogP contribution in [0.3, 0.4) is 0 Å². The first-order valence-corrected chi connectivity index (χ1v) is 4.37. The van der Waals surface area contributed by atoms with E-state index in [9.17, 15) is 14.9 Å². The van der Waals surface area contributed by atoms with Crippen molar-refractivity contribution < 1.29 is 14.2 Å². The third kappa shape index (κ3) is 1.68. The molecule has 1 heterocycles. The van der Waals surface area contributed by atoms with Gasteiger partial charge >= 0.3 is 0 Å². The topological polar surface area (TPSA) is 86.2 Å². The molecule has 6 nitrogen and oxygen atoms in total. The molecule has 16 heavy (non-hydrogen) atoms. The van der Waals surface area contributed by atoms with Gasteiger partial charge in [-0.15, -0.1) is 0 Å². The third-order valence-electron chi connectivity index (χ3n) is 2.05. The number of aromatic nitrogens is 1. The van der Waals surface area contributed by atoms with Crippen LogP contribution in [0.25, 0.3) is 11.3 Å². The molecule has 1 aromatic carbocycles. The summed E-state index contributed by atoms with van der Waals surface area (Å²) in [7, 11) is 0. The van der Waals surface area contributed by atoms with E-state index in [2.05, 4.69) is 9.68 Å². The molecule has 2 aromatic rings. The Morgan fingerprint density at radius 2 is 2.25 bits per heavy atom. The highest BCUT2D eigenvalue weighted by Gasteiger charge is 2.12. The highest BCUT2D eigenvalue weighted by Crippen LogP contribution is 2.24. The molecule has 6 heteroatoms. The SMILES string of the molecule is O=Cc1conc1-c1cccc([N+](=O)[O-])c1. The zero-order valence-electron chi connectivity index (χ0n) is 7.99. The van der Waals surface area contributed by atoms with Crippen molar-refractivity contribution >= 4 is 12.0 Å². The largest absolute Gasteiger partial charge is 0.363 e. The standard InChI is InChI=1S/C10H6N2O4/c13-5-8-6-16-11-10(8)7-2-1-3-9(4-7)12(14)15/h1-6H. The van der Waals surface area contributed by atoms with Crippen molar-refractivity contribution in [3.8, 4) is 11.3 Å². The molecule has 80 valence electrons. The zero-order chi connectivity index (χ0) is 11.5. The summed E-state index contributed by atoms with van der Waals surface area (Å²) in [5.41, 5.74) is 0.988. The van der Waals surface area contributed by atoms with Crippen molar-refractivity contribution in [1.29, 1.82) is 0 Å². The maximum atomic E-state index is 10.6. The van der Waals surface area contributed by atoms with Gasteiger partial charge in [0.05, 0.1) is 10.5 Å². The van der Waals surface area contributed by atoms with Crippen molar-refractivity contribution in [3.63, 3.8) is 0 Å². The number of rotatable bonds is 3. The molecule has 0 saturated carbocycles. The van der Waals surface area contributed by atoms with Gasteiger partial charge in [0.15, 0.2) is 6.29 Å². The van der Waals surface area contributed by atoms with Crippen molar-refractivity contribution in [2.45, 2.75) is 0 Å². The molecule has 0 unspecified atom stereocenters. The van der Waals surface area contributed by atoms with E-state index in [1.807, 2.05) is 0 Å². The number of carbonyl (C=O) groups excluding carboxylic acids is 1. The van der Waals surface area contributed by atoms with Crippen LogP contribution >= 0.6 is 0 Å². The lowest BCUT2D eigenvalue weighted by Crippen LogP contribution is -1.89. The quantitative estimate of drug-likeness (QED) is 0.447. The van der Waals surface area contributed by atoms with Crippen LogP contribution in [-0.4, -0.2) is 16.4 Å². The molecule has 0 fully saturated rings. The second-order valence-electron chi connectivity index (χ2n) is 3.04. The summed E-state index contributed by atoms with van der Waals surface area (Å²) in [6.07, 6.45) is 1.78. The highest BCUT2D eigenvalue weighted by molar-refractivity contribution is 5.85. The van der Waals surface area contributed by atoms with E-state index in [4.69, 9.17) is 0 Å². The Bertz CT molecular complexity index is 547. The molecule has 0 N–H and O–H groups in total. The second kappa shape index (κ2) is 3.93. The Hall–Kier alpha value is -2.50. The fourth-order valence-corrected chi connectivity index (χ4v) is 1.31. The summed E-state index contributed by atoms with van der Waals surface area (Å²) in [5.74, 6) is 0. The normalized spacial score (nSPS) is 10.0. The molecule has 1 aromatic heterocycles. The molecule has 0 spiro atoms. The molecule has 0 aliphatic carbocycles. The minimum atomic E-state index is -0.510. The number of non-ortho nitro benzene ring substituents is 1. The molecular weight excluding hydrogens is 212 g/mol. The van der Waals surface area contributed by atoms with Gasteiger partial charge in [-0.2, -0.15) is 0 Å². The smallest absolute Gasteiger partial charge is 0.270 e. The number of carbonyl (C=O) groups is 1. The van der Waals surface area contributed by atoms with Gasteiger partial charge in [0.2, 0.25) is 0 Å².